The van der Waals surface area contributed by atoms with Gasteiger partial charge in [0.15, 0.2) is 18.0 Å². The lowest BCUT2D eigenvalue weighted by atomic mass is 10.0. The van der Waals surface area contributed by atoms with E-state index in [4.69, 9.17) is 11.6 Å². The third-order valence-corrected chi connectivity index (χ3v) is 3.90. The van der Waals surface area contributed by atoms with E-state index in [1.54, 1.807) is 0 Å². The number of rotatable bonds is 1. The van der Waals surface area contributed by atoms with Crippen LogP contribution >= 0.6 is 11.6 Å². The molecule has 1 aromatic carbocycles. The first-order valence-electron chi connectivity index (χ1n) is 6.70. The smallest absolute Gasteiger partial charge is 0.384 e. The average Bonchev–Trinajstić information content (AvgIpc) is 2.83. The topological polar surface area (TPSA) is 38.1 Å². The van der Waals surface area contributed by atoms with E-state index < -0.39 is 54.2 Å². The monoisotopic (exact) mass is 370 g/mol. The molecule has 0 saturated heterocycles. The van der Waals surface area contributed by atoms with Crippen LogP contribution in [0.1, 0.15) is 17.5 Å². The zero-order valence-electron chi connectivity index (χ0n) is 11.7. The lowest BCUT2D eigenvalue weighted by Gasteiger charge is -2.28. The van der Waals surface area contributed by atoms with Gasteiger partial charge in [0, 0.05) is 10.6 Å². The Kier molecular flexibility index (Phi) is 4.03. The van der Waals surface area contributed by atoms with Gasteiger partial charge in [0.2, 0.25) is 0 Å². The number of hydrogen-bond acceptors (Lipinski definition) is 2. The second-order valence-electron chi connectivity index (χ2n) is 5.34. The molecule has 1 aliphatic rings. The molecule has 3 rings (SSSR count). The number of alkyl halides is 5. The van der Waals surface area contributed by atoms with E-state index in [1.807, 2.05) is 0 Å². The Hall–Kier alpha value is -1.74. The third-order valence-electron chi connectivity index (χ3n) is 3.68. The molecule has 0 spiro atoms. The number of halogens is 7. The molecule has 24 heavy (non-hydrogen) atoms. The molecule has 0 radical (unpaired) electrons. The average molecular weight is 371 g/mol. The summed E-state index contributed by atoms with van der Waals surface area (Å²) in [5.74, 6) is -1.28. The van der Waals surface area contributed by atoms with Crippen LogP contribution in [0.3, 0.4) is 0 Å². The van der Waals surface area contributed by atoms with Crippen molar-refractivity contribution in [2.75, 3.05) is 0 Å². The molecule has 2 aromatic rings. The Morgan fingerprint density at radius 2 is 1.88 bits per heavy atom. The van der Waals surface area contributed by atoms with Gasteiger partial charge in [-0.05, 0) is 18.2 Å². The maximum absolute atomic E-state index is 13.7. The molecule has 3 unspecified atom stereocenters. The summed E-state index contributed by atoms with van der Waals surface area (Å²) in [6.07, 6.45) is -12.1. The molecular formula is C14H9ClF6N2O. The van der Waals surface area contributed by atoms with E-state index in [2.05, 4.69) is 4.98 Å². The molecule has 1 aromatic heterocycles. The second-order valence-corrected chi connectivity index (χ2v) is 5.78. The molecule has 3 nitrogen and oxygen atoms in total. The highest BCUT2D eigenvalue weighted by Crippen LogP contribution is 2.42. The van der Waals surface area contributed by atoms with Gasteiger partial charge >= 0.3 is 6.18 Å². The van der Waals surface area contributed by atoms with E-state index >= 15 is 0 Å². The lowest BCUT2D eigenvalue weighted by Crippen LogP contribution is -2.37. The van der Waals surface area contributed by atoms with Gasteiger partial charge in [-0.15, -0.1) is 0 Å². The summed E-state index contributed by atoms with van der Waals surface area (Å²) in [6.45, 7) is -0.792. The maximum atomic E-state index is 13.7. The predicted octanol–water partition coefficient (Wildman–Crippen LogP) is 4.08. The van der Waals surface area contributed by atoms with Gasteiger partial charge < -0.3 is 9.67 Å². The van der Waals surface area contributed by atoms with Gasteiger partial charge in [-0.1, -0.05) is 11.6 Å². The van der Waals surface area contributed by atoms with Gasteiger partial charge in [-0.25, -0.2) is 18.2 Å². The fourth-order valence-corrected chi connectivity index (χ4v) is 2.91. The number of aromatic nitrogens is 2. The summed E-state index contributed by atoms with van der Waals surface area (Å²) >= 11 is 5.68. The number of imidazole rings is 1. The van der Waals surface area contributed by atoms with Gasteiger partial charge in [0.1, 0.15) is 17.7 Å². The lowest BCUT2D eigenvalue weighted by molar-refractivity contribution is -0.144. The highest BCUT2D eigenvalue weighted by molar-refractivity contribution is 6.30. The van der Waals surface area contributed by atoms with E-state index in [0.29, 0.717) is 4.57 Å². The fraction of sp³-hybridized carbons (Fsp3) is 0.357. The largest absolute Gasteiger partial charge is 0.435 e. The molecule has 0 aliphatic carbocycles. The van der Waals surface area contributed by atoms with Crippen molar-refractivity contribution in [3.05, 3.63) is 40.4 Å². The number of benzene rings is 1. The summed E-state index contributed by atoms with van der Waals surface area (Å²) in [7, 11) is 0. The standard InChI is InChI=1S/C14H9ClF6N2O/c15-6-1-5(2-7(16)3-6)13-22-12(14(19,20)21)10-11(24)9(18)8(17)4-23(10)13/h1-3,8-9,11,24H,4H2. The molecule has 1 aliphatic heterocycles. The molecule has 130 valence electrons. The van der Waals surface area contributed by atoms with Crippen molar-refractivity contribution in [1.82, 2.24) is 9.55 Å². The minimum atomic E-state index is -5.00. The first-order chi connectivity index (χ1) is 11.1. The van der Waals surface area contributed by atoms with Gasteiger partial charge in [0.25, 0.3) is 0 Å². The fourth-order valence-electron chi connectivity index (χ4n) is 2.69. The number of nitrogens with zero attached hydrogens (tertiary/aromatic N) is 2. The predicted molar refractivity (Wildman–Crippen MR) is 72.4 cm³/mol. The van der Waals surface area contributed by atoms with Crippen LogP contribution in [0, 0.1) is 5.82 Å². The van der Waals surface area contributed by atoms with E-state index in [-0.39, 0.29) is 10.6 Å². The van der Waals surface area contributed by atoms with Crippen molar-refractivity contribution in [1.29, 1.82) is 0 Å². The molecule has 10 heteroatoms. The molecular weight excluding hydrogens is 362 g/mol. The second kappa shape index (κ2) is 5.66. The summed E-state index contributed by atoms with van der Waals surface area (Å²) < 4.78 is 81.0. The minimum Gasteiger partial charge on any atom is -0.384 e. The van der Waals surface area contributed by atoms with Gasteiger partial charge in [-0.2, -0.15) is 13.2 Å². The molecule has 0 amide bonds. The maximum Gasteiger partial charge on any atom is 0.435 e. The summed E-state index contributed by atoms with van der Waals surface area (Å²) in [5.41, 5.74) is -2.58. The quantitative estimate of drug-likeness (QED) is 0.768. The zero-order chi connectivity index (χ0) is 17.8. The minimum absolute atomic E-state index is 0.104. The SMILES string of the molecule is OC1c2c(C(F)(F)F)nc(-c3cc(F)cc(Cl)c3)n2CC(F)C1F. The molecule has 0 saturated carbocycles. The third kappa shape index (κ3) is 2.75. The van der Waals surface area contributed by atoms with Gasteiger partial charge in [0.05, 0.1) is 12.2 Å². The van der Waals surface area contributed by atoms with Crippen molar-refractivity contribution in [2.24, 2.45) is 0 Å². The first kappa shape index (κ1) is 17.1. The van der Waals surface area contributed by atoms with Crippen LogP contribution < -0.4 is 0 Å². The normalized spacial score (nSPS) is 24.1. The van der Waals surface area contributed by atoms with Crippen molar-refractivity contribution >= 4 is 11.6 Å². The highest BCUT2D eigenvalue weighted by atomic mass is 35.5. The van der Waals surface area contributed by atoms with Crippen LogP contribution in [-0.4, -0.2) is 27.0 Å². The Bertz CT molecular complexity index is 770. The van der Waals surface area contributed by atoms with Crippen molar-refractivity contribution in [3.63, 3.8) is 0 Å². The van der Waals surface area contributed by atoms with Gasteiger partial charge in [-0.3, -0.25) is 0 Å². The Balaban J connectivity index is 2.27. The zero-order valence-corrected chi connectivity index (χ0v) is 12.4. The summed E-state index contributed by atoms with van der Waals surface area (Å²) in [4.78, 5) is 3.35. The Morgan fingerprint density at radius 3 is 2.46 bits per heavy atom. The van der Waals surface area contributed by atoms with Crippen LogP contribution in [0.2, 0.25) is 5.02 Å². The van der Waals surface area contributed by atoms with Crippen molar-refractivity contribution in [2.45, 2.75) is 31.2 Å². The highest BCUT2D eigenvalue weighted by Gasteiger charge is 2.47. The van der Waals surface area contributed by atoms with Crippen molar-refractivity contribution < 1.29 is 31.4 Å². The number of aliphatic hydroxyl groups is 1. The molecule has 0 bridgehead atoms. The molecule has 1 N–H and O–H groups in total. The van der Waals surface area contributed by atoms with Crippen LogP contribution in [0.4, 0.5) is 26.3 Å². The summed E-state index contributed by atoms with van der Waals surface area (Å²) in [5, 5.41) is 9.63. The molecule has 0 fully saturated rings. The van der Waals surface area contributed by atoms with Crippen LogP contribution in [-0.2, 0) is 12.7 Å². The molecule has 3 atom stereocenters. The number of aliphatic hydroxyl groups excluding tert-OH is 1. The van der Waals surface area contributed by atoms with E-state index in [0.717, 1.165) is 18.2 Å². The van der Waals surface area contributed by atoms with Crippen LogP contribution in [0.15, 0.2) is 18.2 Å². The Labute approximate surface area is 136 Å². The van der Waals surface area contributed by atoms with E-state index in [1.165, 1.54) is 0 Å². The number of hydrogen-bond donors (Lipinski definition) is 1. The Morgan fingerprint density at radius 1 is 1.21 bits per heavy atom. The first-order valence-corrected chi connectivity index (χ1v) is 7.07. The summed E-state index contributed by atoms with van der Waals surface area (Å²) in [6, 6.07) is 2.94. The van der Waals surface area contributed by atoms with E-state index in [9.17, 15) is 31.4 Å². The van der Waals surface area contributed by atoms with Crippen LogP contribution in [0.25, 0.3) is 11.4 Å². The van der Waals surface area contributed by atoms with Crippen molar-refractivity contribution in [3.8, 4) is 11.4 Å². The molecule has 2 heterocycles. The van der Waals surface area contributed by atoms with Crippen LogP contribution in [0.5, 0.6) is 0 Å². The number of fused-ring (bicyclic) bond motifs is 1.